The normalized spacial score (nSPS) is 23.6. The number of nitrogens with two attached hydrogens (primary N) is 1. The number of aryl methyl sites for hydroxylation is 1. The molecule has 1 fully saturated rings. The molecule has 2 unspecified atom stereocenters. The summed E-state index contributed by atoms with van der Waals surface area (Å²) >= 11 is 0. The number of alkyl halides is 3. The van der Waals surface area contributed by atoms with Crippen LogP contribution in [-0.2, 0) is 16.0 Å². The second-order valence-corrected chi connectivity index (χ2v) is 7.89. The summed E-state index contributed by atoms with van der Waals surface area (Å²) in [6.45, 7) is 0. The zero-order valence-corrected chi connectivity index (χ0v) is 16.8. The van der Waals surface area contributed by atoms with Crippen LogP contribution >= 0.6 is 0 Å². The van der Waals surface area contributed by atoms with Crippen molar-refractivity contribution in [2.24, 2.45) is 17.6 Å². The van der Waals surface area contributed by atoms with Gasteiger partial charge in [0.2, 0.25) is 11.8 Å². The summed E-state index contributed by atoms with van der Waals surface area (Å²) < 4.78 is 41.6. The second-order valence-electron chi connectivity index (χ2n) is 7.89. The number of benzene rings is 1. The summed E-state index contributed by atoms with van der Waals surface area (Å²) in [5.41, 5.74) is 5.44. The monoisotopic (exact) mass is 448 g/mol. The Labute approximate surface area is 177 Å². The highest BCUT2D eigenvalue weighted by Gasteiger charge is 2.45. The number of rotatable bonds is 9. The zero-order chi connectivity index (χ0) is 23.2. The maximum Gasteiger partial charge on any atom is 0.573 e. The van der Waals surface area contributed by atoms with Gasteiger partial charge in [-0.25, -0.2) is 5.48 Å². The summed E-state index contributed by atoms with van der Waals surface area (Å²) in [7, 11) is 0. The first-order valence-corrected chi connectivity index (χ1v) is 9.92. The average molecular weight is 448 g/mol. The molecule has 6 N–H and O–H groups in total. The Bertz CT molecular complexity index is 766. The maximum absolute atomic E-state index is 12.5. The van der Waals surface area contributed by atoms with Gasteiger partial charge in [0, 0.05) is 5.92 Å². The third-order valence-electron chi connectivity index (χ3n) is 5.78. The van der Waals surface area contributed by atoms with E-state index in [-0.39, 0.29) is 56.3 Å². The number of nitrogens with one attached hydrogen (secondary N) is 1. The smallest absolute Gasteiger partial charge is 0.406 e. The van der Waals surface area contributed by atoms with Crippen molar-refractivity contribution in [1.29, 1.82) is 0 Å². The summed E-state index contributed by atoms with van der Waals surface area (Å²) in [5, 5.41) is 30.4. The van der Waals surface area contributed by atoms with Crippen LogP contribution < -0.4 is 16.0 Å². The van der Waals surface area contributed by atoms with E-state index in [2.05, 4.69) is 4.74 Å². The minimum atomic E-state index is -4.86. The van der Waals surface area contributed by atoms with Gasteiger partial charge in [0.1, 0.15) is 5.75 Å². The van der Waals surface area contributed by atoms with Crippen LogP contribution in [0.4, 0.5) is 13.2 Å². The summed E-state index contributed by atoms with van der Waals surface area (Å²) in [6.07, 6.45) is -5.53. The summed E-state index contributed by atoms with van der Waals surface area (Å²) in [5.74, 6) is -3.36. The van der Waals surface area contributed by atoms with Crippen molar-refractivity contribution in [3.05, 3.63) is 29.8 Å². The van der Waals surface area contributed by atoms with Crippen molar-refractivity contribution in [2.45, 2.75) is 63.0 Å². The quantitative estimate of drug-likeness (QED) is 0.288. The van der Waals surface area contributed by atoms with Crippen molar-refractivity contribution in [3.63, 3.8) is 0 Å². The van der Waals surface area contributed by atoms with Gasteiger partial charge >= 0.3 is 6.36 Å². The van der Waals surface area contributed by atoms with E-state index in [1.165, 1.54) is 23.7 Å². The molecule has 0 spiro atoms. The average Bonchev–Trinajstić information content (AvgIpc) is 2.70. The number of hydrogen-bond donors (Lipinski definition) is 5. The maximum atomic E-state index is 12.5. The van der Waals surface area contributed by atoms with Gasteiger partial charge in [-0.1, -0.05) is 18.2 Å². The Morgan fingerprint density at radius 1 is 1.26 bits per heavy atom. The number of aliphatic hydroxyl groups excluding tert-OH is 1. The van der Waals surface area contributed by atoms with Gasteiger partial charge in [0.25, 0.3) is 0 Å². The van der Waals surface area contributed by atoms with Crippen LogP contribution in [0.5, 0.6) is 5.75 Å². The molecule has 2 rings (SSSR count). The van der Waals surface area contributed by atoms with Crippen molar-refractivity contribution < 1.29 is 42.9 Å². The number of halogens is 3. The number of para-hydroxylation sites is 1. The summed E-state index contributed by atoms with van der Waals surface area (Å²) in [6, 6.07) is 5.52. The molecular formula is C20H27F3N2O6. The fraction of sp³-hybridized carbons (Fsp3) is 0.600. The highest BCUT2D eigenvalue weighted by atomic mass is 19.4. The lowest BCUT2D eigenvalue weighted by Crippen LogP contribution is -2.50. The lowest BCUT2D eigenvalue weighted by atomic mass is 9.70. The first kappa shape index (κ1) is 24.9. The van der Waals surface area contributed by atoms with Crippen molar-refractivity contribution >= 4 is 11.8 Å². The highest BCUT2D eigenvalue weighted by molar-refractivity contribution is 5.79. The molecule has 2 atom stereocenters. The third-order valence-corrected chi connectivity index (χ3v) is 5.78. The van der Waals surface area contributed by atoms with Crippen molar-refractivity contribution in [1.82, 2.24) is 5.48 Å². The minimum absolute atomic E-state index is 0.00652. The van der Waals surface area contributed by atoms with Crippen molar-refractivity contribution in [2.75, 3.05) is 0 Å². The molecule has 1 aromatic carbocycles. The molecule has 0 saturated heterocycles. The van der Waals surface area contributed by atoms with E-state index in [1.54, 1.807) is 0 Å². The molecule has 1 aliphatic rings. The van der Waals surface area contributed by atoms with E-state index in [9.17, 15) is 33.0 Å². The molecule has 0 radical (unpaired) electrons. The van der Waals surface area contributed by atoms with Crippen LogP contribution in [-0.4, -0.2) is 45.3 Å². The highest BCUT2D eigenvalue weighted by Crippen LogP contribution is 2.39. The standard InChI is InChI=1S/C20H27F3N2O6/c21-20(22,23)31-16-4-2-1-3-12(16)5-6-14(26)11-15(18(28)25-30)19(29)9-7-13(8-10-19)17(24)27/h1-4,13-15,26,29-30H,5-11H2,(H2,24,27)(H,25,28). The number of hydroxylamine groups is 1. The molecular weight excluding hydrogens is 421 g/mol. The predicted octanol–water partition coefficient (Wildman–Crippen LogP) is 1.80. The first-order chi connectivity index (χ1) is 14.4. The Morgan fingerprint density at radius 3 is 2.42 bits per heavy atom. The molecule has 8 nitrogen and oxygen atoms in total. The zero-order valence-electron chi connectivity index (χ0n) is 16.8. The number of ether oxygens (including phenoxy) is 1. The van der Waals surface area contributed by atoms with Gasteiger partial charge < -0.3 is 20.7 Å². The topological polar surface area (TPSA) is 142 Å². The molecule has 1 saturated carbocycles. The van der Waals surface area contributed by atoms with Crippen LogP contribution in [0.2, 0.25) is 0 Å². The van der Waals surface area contributed by atoms with E-state index < -0.39 is 41.7 Å². The molecule has 0 aromatic heterocycles. The largest absolute Gasteiger partial charge is 0.573 e. The summed E-state index contributed by atoms with van der Waals surface area (Å²) in [4.78, 5) is 23.5. The van der Waals surface area contributed by atoms with E-state index in [4.69, 9.17) is 10.9 Å². The van der Waals surface area contributed by atoms with Crippen LogP contribution in [0, 0.1) is 11.8 Å². The minimum Gasteiger partial charge on any atom is -0.406 e. The Morgan fingerprint density at radius 2 is 1.87 bits per heavy atom. The van der Waals surface area contributed by atoms with Crippen LogP contribution in [0.25, 0.3) is 0 Å². The third kappa shape index (κ3) is 7.08. The van der Waals surface area contributed by atoms with Gasteiger partial charge in [-0.05, 0) is 56.6 Å². The fourth-order valence-corrected chi connectivity index (χ4v) is 4.05. The van der Waals surface area contributed by atoms with Gasteiger partial charge in [0.15, 0.2) is 0 Å². The molecule has 31 heavy (non-hydrogen) atoms. The van der Waals surface area contributed by atoms with Gasteiger partial charge in [-0.3, -0.25) is 14.8 Å². The van der Waals surface area contributed by atoms with E-state index in [1.807, 2.05) is 0 Å². The second kappa shape index (κ2) is 10.3. The Kier molecular flexibility index (Phi) is 8.27. The lowest BCUT2D eigenvalue weighted by Gasteiger charge is -2.40. The molecule has 1 aromatic rings. The predicted molar refractivity (Wildman–Crippen MR) is 102 cm³/mol. The van der Waals surface area contributed by atoms with Gasteiger partial charge in [-0.15, -0.1) is 13.2 Å². The van der Waals surface area contributed by atoms with Crippen LogP contribution in [0.3, 0.4) is 0 Å². The van der Waals surface area contributed by atoms with E-state index in [0.717, 1.165) is 6.07 Å². The first-order valence-electron chi connectivity index (χ1n) is 9.92. The molecule has 0 aliphatic heterocycles. The number of carbonyl (C=O) groups excluding carboxylic acids is 2. The number of carbonyl (C=O) groups is 2. The molecule has 174 valence electrons. The number of amides is 2. The Balaban J connectivity index is 2.03. The van der Waals surface area contributed by atoms with Crippen molar-refractivity contribution in [3.8, 4) is 5.75 Å². The molecule has 1 aliphatic carbocycles. The fourth-order valence-electron chi connectivity index (χ4n) is 4.05. The van der Waals surface area contributed by atoms with E-state index >= 15 is 0 Å². The van der Waals surface area contributed by atoms with Crippen LogP contribution in [0.1, 0.15) is 44.1 Å². The number of primary amides is 1. The Hall–Kier alpha value is -2.37. The number of hydrogen-bond acceptors (Lipinski definition) is 6. The van der Waals surface area contributed by atoms with Gasteiger partial charge in [0.05, 0.1) is 17.6 Å². The lowest BCUT2D eigenvalue weighted by molar-refractivity contribution is -0.274. The van der Waals surface area contributed by atoms with E-state index in [0.29, 0.717) is 0 Å². The van der Waals surface area contributed by atoms with Crippen LogP contribution in [0.15, 0.2) is 24.3 Å². The SMILES string of the molecule is NC(=O)C1CCC(O)(C(CC(O)CCc2ccccc2OC(F)(F)F)C(=O)NO)CC1. The molecule has 2 amide bonds. The molecule has 11 heteroatoms. The molecule has 0 bridgehead atoms. The van der Waals surface area contributed by atoms with Gasteiger partial charge in [-0.2, -0.15) is 0 Å². The number of aliphatic hydroxyl groups is 2. The molecule has 0 heterocycles.